The minimum absolute atomic E-state index is 0. The van der Waals surface area contributed by atoms with Crippen molar-refractivity contribution in [1.82, 2.24) is 0 Å². The molecule has 0 fully saturated rings. The van der Waals surface area contributed by atoms with Gasteiger partial charge >= 0.3 is 0 Å². The van der Waals surface area contributed by atoms with Crippen molar-refractivity contribution in [3.05, 3.63) is 108 Å². The maximum Gasteiger partial charge on any atom is 0.193 e. The summed E-state index contributed by atoms with van der Waals surface area (Å²) in [5.74, 6) is -0.0278. The summed E-state index contributed by atoms with van der Waals surface area (Å²) >= 11 is 0. The first-order valence-electron chi connectivity index (χ1n) is 9.39. The van der Waals surface area contributed by atoms with Crippen molar-refractivity contribution in [2.45, 2.75) is 0 Å². The molecule has 0 atom stereocenters. The second-order valence-electron chi connectivity index (χ2n) is 6.82. The van der Waals surface area contributed by atoms with Crippen LogP contribution < -0.4 is 22.9 Å². The van der Waals surface area contributed by atoms with Gasteiger partial charge in [-0.2, -0.15) is 13.5 Å². The lowest BCUT2D eigenvalue weighted by Crippen LogP contribution is -2.01. The van der Waals surface area contributed by atoms with Crippen molar-refractivity contribution in [2.24, 2.45) is 0 Å². The number of hydrogen-bond donors (Lipinski definition) is 4. The van der Waals surface area contributed by atoms with Gasteiger partial charge < -0.3 is 22.9 Å². The van der Waals surface area contributed by atoms with Gasteiger partial charge in [-0.1, -0.05) is 24.3 Å². The van der Waals surface area contributed by atoms with Crippen LogP contribution >= 0.6 is 13.5 Å². The van der Waals surface area contributed by atoms with Crippen LogP contribution in [0, 0.1) is 0 Å². The molecule has 4 aromatic carbocycles. The second kappa shape index (κ2) is 10.8. The standard InChI is InChI=1S/C13H12N2O.C12H12N2.H2S/c14-11-5-1-9(2-6-11)13(16)10-3-7-12(15)8-4-10;13-11-5-1-9(2-6-11)10-3-7-12(14)8-4-10;/h1-8H,14-15H2;1-8H,13-14H2;1H2. The van der Waals surface area contributed by atoms with E-state index in [4.69, 9.17) is 22.9 Å². The average Bonchev–Trinajstić information content (AvgIpc) is 2.76. The van der Waals surface area contributed by atoms with Crippen molar-refractivity contribution in [3.8, 4) is 11.1 Å². The highest BCUT2D eigenvalue weighted by atomic mass is 32.1. The van der Waals surface area contributed by atoms with E-state index in [1.807, 2.05) is 48.5 Å². The molecule has 5 nitrogen and oxygen atoms in total. The molecule has 0 spiro atoms. The summed E-state index contributed by atoms with van der Waals surface area (Å²) < 4.78 is 0. The van der Waals surface area contributed by atoms with E-state index >= 15 is 0 Å². The third-order valence-corrected chi connectivity index (χ3v) is 4.50. The van der Waals surface area contributed by atoms with Crippen LogP contribution in [0.3, 0.4) is 0 Å². The Hall–Kier alpha value is -3.90. The minimum Gasteiger partial charge on any atom is -0.399 e. The quantitative estimate of drug-likeness (QED) is 0.277. The summed E-state index contributed by atoms with van der Waals surface area (Å²) in [6, 6.07) is 29.3. The van der Waals surface area contributed by atoms with E-state index in [1.165, 1.54) is 0 Å². The summed E-state index contributed by atoms with van der Waals surface area (Å²) in [4.78, 5) is 12.0. The summed E-state index contributed by atoms with van der Waals surface area (Å²) in [6.07, 6.45) is 0. The average molecular weight is 431 g/mol. The summed E-state index contributed by atoms with van der Waals surface area (Å²) in [7, 11) is 0. The predicted octanol–water partition coefficient (Wildman–Crippen LogP) is 4.71. The van der Waals surface area contributed by atoms with Gasteiger partial charge in [-0.15, -0.1) is 0 Å². The molecule has 6 heteroatoms. The molecule has 4 rings (SSSR count). The number of anilines is 4. The highest BCUT2D eigenvalue weighted by molar-refractivity contribution is 7.59. The molecule has 0 aliphatic rings. The SMILES string of the molecule is Nc1ccc(-c2ccc(N)cc2)cc1.Nc1ccc(C(=O)c2ccc(N)cc2)cc1.S. The number of benzene rings is 4. The van der Waals surface area contributed by atoms with E-state index in [-0.39, 0.29) is 19.3 Å². The van der Waals surface area contributed by atoms with Crippen molar-refractivity contribution in [1.29, 1.82) is 0 Å². The van der Waals surface area contributed by atoms with Gasteiger partial charge in [-0.25, -0.2) is 0 Å². The van der Waals surface area contributed by atoms with E-state index in [9.17, 15) is 4.79 Å². The van der Waals surface area contributed by atoms with Crippen molar-refractivity contribution >= 4 is 42.0 Å². The number of ketones is 1. The molecule has 0 bridgehead atoms. The lowest BCUT2D eigenvalue weighted by molar-refractivity contribution is 0.103. The number of hydrogen-bond acceptors (Lipinski definition) is 5. The van der Waals surface area contributed by atoms with E-state index in [1.54, 1.807) is 48.5 Å². The highest BCUT2D eigenvalue weighted by Gasteiger charge is 2.07. The number of nitrogen functional groups attached to an aromatic ring is 4. The van der Waals surface area contributed by atoms with Gasteiger partial charge in [0.25, 0.3) is 0 Å². The third kappa shape index (κ3) is 6.55. The van der Waals surface area contributed by atoms with Crippen molar-refractivity contribution in [3.63, 3.8) is 0 Å². The Morgan fingerprint density at radius 1 is 0.419 bits per heavy atom. The van der Waals surface area contributed by atoms with Gasteiger partial charge in [0.15, 0.2) is 5.78 Å². The Bertz CT molecular complexity index is 1020. The van der Waals surface area contributed by atoms with E-state index in [0.29, 0.717) is 22.5 Å². The lowest BCUT2D eigenvalue weighted by atomic mass is 10.0. The Kier molecular flexibility index (Phi) is 8.11. The van der Waals surface area contributed by atoms with Crippen LogP contribution in [0.5, 0.6) is 0 Å². The molecule has 4 aromatic rings. The van der Waals surface area contributed by atoms with Gasteiger partial charge in [0.2, 0.25) is 0 Å². The Morgan fingerprint density at radius 3 is 0.903 bits per heavy atom. The number of carbonyl (C=O) groups is 1. The summed E-state index contributed by atoms with van der Waals surface area (Å²) in [5.41, 5.74) is 28.7. The predicted molar refractivity (Wildman–Crippen MR) is 136 cm³/mol. The normalized spacial score (nSPS) is 9.68. The van der Waals surface area contributed by atoms with Gasteiger partial charge in [0.1, 0.15) is 0 Å². The molecule has 0 aliphatic heterocycles. The van der Waals surface area contributed by atoms with Gasteiger partial charge in [-0.3, -0.25) is 4.79 Å². The maximum atomic E-state index is 12.0. The van der Waals surface area contributed by atoms with E-state index in [0.717, 1.165) is 22.5 Å². The fraction of sp³-hybridized carbons (Fsp3) is 0. The van der Waals surface area contributed by atoms with Crippen molar-refractivity contribution in [2.75, 3.05) is 22.9 Å². The van der Waals surface area contributed by atoms with Crippen LogP contribution in [0.15, 0.2) is 97.1 Å². The Labute approximate surface area is 189 Å². The summed E-state index contributed by atoms with van der Waals surface area (Å²) in [5, 5.41) is 0. The molecule has 0 amide bonds. The first kappa shape index (κ1) is 23.4. The highest BCUT2D eigenvalue weighted by Crippen LogP contribution is 2.21. The minimum atomic E-state index is -0.0278. The third-order valence-electron chi connectivity index (χ3n) is 4.50. The van der Waals surface area contributed by atoms with Gasteiger partial charge in [0.05, 0.1) is 0 Å². The van der Waals surface area contributed by atoms with E-state index in [2.05, 4.69) is 0 Å². The Morgan fingerprint density at radius 2 is 0.645 bits per heavy atom. The smallest absolute Gasteiger partial charge is 0.193 e. The zero-order chi connectivity index (χ0) is 21.5. The Balaban J connectivity index is 0.000000215. The summed E-state index contributed by atoms with van der Waals surface area (Å²) in [6.45, 7) is 0. The fourth-order valence-electron chi connectivity index (χ4n) is 2.79. The number of rotatable bonds is 3. The molecule has 8 N–H and O–H groups in total. The zero-order valence-corrected chi connectivity index (χ0v) is 18.0. The van der Waals surface area contributed by atoms with Gasteiger partial charge in [-0.05, 0) is 83.9 Å². The van der Waals surface area contributed by atoms with Crippen LogP contribution in [0.25, 0.3) is 11.1 Å². The fourth-order valence-corrected chi connectivity index (χ4v) is 2.79. The van der Waals surface area contributed by atoms with Crippen LogP contribution in [-0.4, -0.2) is 5.78 Å². The number of carbonyl (C=O) groups excluding carboxylic acids is 1. The number of nitrogens with two attached hydrogens (primary N) is 4. The van der Waals surface area contributed by atoms with Crippen LogP contribution in [0.1, 0.15) is 15.9 Å². The molecule has 31 heavy (non-hydrogen) atoms. The maximum absolute atomic E-state index is 12.0. The molecule has 0 heterocycles. The molecule has 0 saturated carbocycles. The monoisotopic (exact) mass is 430 g/mol. The lowest BCUT2D eigenvalue weighted by Gasteiger charge is -2.02. The van der Waals surface area contributed by atoms with E-state index < -0.39 is 0 Å². The molecule has 158 valence electrons. The van der Waals surface area contributed by atoms with Crippen LogP contribution in [-0.2, 0) is 0 Å². The molecular weight excluding hydrogens is 404 g/mol. The topological polar surface area (TPSA) is 121 Å². The van der Waals surface area contributed by atoms with Crippen LogP contribution in [0.2, 0.25) is 0 Å². The molecule has 0 saturated heterocycles. The van der Waals surface area contributed by atoms with Gasteiger partial charge in [0, 0.05) is 33.9 Å². The van der Waals surface area contributed by atoms with Crippen molar-refractivity contribution < 1.29 is 4.79 Å². The molecule has 0 radical (unpaired) electrons. The largest absolute Gasteiger partial charge is 0.399 e. The molecule has 0 aliphatic carbocycles. The second-order valence-corrected chi connectivity index (χ2v) is 6.82. The molecule has 0 aromatic heterocycles. The molecule has 0 unspecified atom stereocenters. The first-order chi connectivity index (χ1) is 14.4. The molecular formula is C25H26N4OS. The zero-order valence-electron chi connectivity index (χ0n) is 17.0. The first-order valence-corrected chi connectivity index (χ1v) is 9.39. The van der Waals surface area contributed by atoms with Crippen LogP contribution in [0.4, 0.5) is 22.7 Å².